The molecular weight excluding hydrogens is 382 g/mol. The van der Waals surface area contributed by atoms with Crippen molar-refractivity contribution in [2.75, 3.05) is 6.61 Å². The zero-order valence-electron chi connectivity index (χ0n) is 16.7. The molecule has 0 spiro atoms. The highest BCUT2D eigenvalue weighted by Gasteiger charge is 2.20. The summed E-state index contributed by atoms with van der Waals surface area (Å²) in [5, 5.41) is 29.4. The third-order valence-corrected chi connectivity index (χ3v) is 4.14. The lowest BCUT2D eigenvalue weighted by Gasteiger charge is -2.18. The maximum absolute atomic E-state index is 12.6. The van der Waals surface area contributed by atoms with Gasteiger partial charge in [-0.2, -0.15) is 0 Å². The van der Waals surface area contributed by atoms with Crippen molar-refractivity contribution < 1.29 is 20.1 Å². The highest BCUT2D eigenvalue weighted by Crippen LogP contribution is 2.11. The van der Waals surface area contributed by atoms with Crippen molar-refractivity contribution >= 4 is 0 Å². The first-order valence-electron chi connectivity index (χ1n) is 9.28. The lowest BCUT2D eigenvalue weighted by atomic mass is 10.2. The second-order valence-corrected chi connectivity index (χ2v) is 7.16. The second-order valence-electron chi connectivity index (χ2n) is 7.16. The van der Waals surface area contributed by atoms with Crippen molar-refractivity contribution in [1.29, 1.82) is 0 Å². The van der Waals surface area contributed by atoms with Crippen molar-refractivity contribution in [1.82, 2.24) is 13.7 Å². The number of hydrogen-bond donors (Lipinski definition) is 3. The SMILES string of the molecule is Cc1ccc(OCC(O)Cn2c(=O)n(CC(C)O)c(=O)n(CC(C)O)c2=O)cc1. The molecule has 3 N–H and O–H groups in total. The van der Waals surface area contributed by atoms with Gasteiger partial charge in [-0.05, 0) is 32.9 Å². The van der Waals surface area contributed by atoms with Gasteiger partial charge in [-0.15, -0.1) is 0 Å². The Morgan fingerprint density at radius 1 is 0.793 bits per heavy atom. The van der Waals surface area contributed by atoms with Crippen molar-refractivity contribution in [3.8, 4) is 5.75 Å². The minimum absolute atomic E-state index is 0.180. The Morgan fingerprint density at radius 3 is 1.62 bits per heavy atom. The fraction of sp³-hybridized carbons (Fsp3) is 0.526. The average Bonchev–Trinajstić information content (AvgIpc) is 2.65. The van der Waals surface area contributed by atoms with Gasteiger partial charge in [0.05, 0.1) is 31.8 Å². The third kappa shape index (κ3) is 5.89. The summed E-state index contributed by atoms with van der Waals surface area (Å²) in [6, 6.07) is 7.14. The van der Waals surface area contributed by atoms with Gasteiger partial charge < -0.3 is 20.1 Å². The summed E-state index contributed by atoms with van der Waals surface area (Å²) in [5.41, 5.74) is -1.78. The first-order chi connectivity index (χ1) is 13.6. The van der Waals surface area contributed by atoms with E-state index in [9.17, 15) is 29.7 Å². The summed E-state index contributed by atoms with van der Waals surface area (Å²) in [5.74, 6) is 0.521. The predicted octanol–water partition coefficient (Wildman–Crippen LogP) is -1.32. The maximum atomic E-state index is 12.6. The molecule has 0 radical (unpaired) electrons. The van der Waals surface area contributed by atoms with Crippen LogP contribution < -0.4 is 21.8 Å². The van der Waals surface area contributed by atoms with Gasteiger partial charge in [0.2, 0.25) is 0 Å². The molecule has 10 heteroatoms. The molecule has 0 amide bonds. The number of hydrogen-bond acceptors (Lipinski definition) is 7. The zero-order valence-corrected chi connectivity index (χ0v) is 16.7. The van der Waals surface area contributed by atoms with Crippen LogP contribution in [0.5, 0.6) is 5.75 Å². The fourth-order valence-corrected chi connectivity index (χ4v) is 2.77. The number of aliphatic hydroxyl groups is 3. The van der Waals surface area contributed by atoms with E-state index in [0.717, 1.165) is 5.56 Å². The van der Waals surface area contributed by atoms with E-state index in [-0.39, 0.29) is 19.7 Å². The monoisotopic (exact) mass is 409 g/mol. The van der Waals surface area contributed by atoms with Crippen LogP contribution >= 0.6 is 0 Å². The standard InChI is InChI=1S/C19H27N3O7/c1-12-4-6-16(7-5-12)29-11-15(25)10-22-18(27)20(8-13(2)23)17(26)21(19(22)28)9-14(3)24/h4-7,13-15,23-25H,8-11H2,1-3H3. The maximum Gasteiger partial charge on any atom is 0.336 e. The normalized spacial score (nSPS) is 14.4. The summed E-state index contributed by atoms with van der Waals surface area (Å²) in [7, 11) is 0. The molecule has 10 nitrogen and oxygen atoms in total. The lowest BCUT2D eigenvalue weighted by molar-refractivity contribution is 0.0872. The van der Waals surface area contributed by atoms with Gasteiger partial charge in [0, 0.05) is 0 Å². The second kappa shape index (κ2) is 9.68. The lowest BCUT2D eigenvalue weighted by Crippen LogP contribution is -2.57. The third-order valence-electron chi connectivity index (χ3n) is 4.14. The summed E-state index contributed by atoms with van der Waals surface area (Å²) in [6.45, 7) is 3.46. The van der Waals surface area contributed by atoms with Crippen LogP contribution in [0.15, 0.2) is 38.6 Å². The molecule has 0 saturated heterocycles. The van der Waals surface area contributed by atoms with Gasteiger partial charge in [-0.3, -0.25) is 0 Å². The van der Waals surface area contributed by atoms with E-state index in [4.69, 9.17) is 4.74 Å². The number of aryl methyl sites for hydroxylation is 1. The van der Waals surface area contributed by atoms with Gasteiger partial charge in [0.25, 0.3) is 0 Å². The van der Waals surface area contributed by atoms with Gasteiger partial charge in [-0.1, -0.05) is 17.7 Å². The van der Waals surface area contributed by atoms with Crippen molar-refractivity contribution in [3.05, 3.63) is 61.3 Å². The van der Waals surface area contributed by atoms with E-state index in [2.05, 4.69) is 0 Å². The first kappa shape index (κ1) is 22.6. The Hall–Kier alpha value is -2.69. The summed E-state index contributed by atoms with van der Waals surface area (Å²) in [6.07, 6.45) is -3.23. The molecule has 1 aromatic carbocycles. The van der Waals surface area contributed by atoms with Gasteiger partial charge >= 0.3 is 17.1 Å². The van der Waals surface area contributed by atoms with Crippen LogP contribution in [0.1, 0.15) is 19.4 Å². The quantitative estimate of drug-likeness (QED) is 0.467. The molecule has 1 heterocycles. The van der Waals surface area contributed by atoms with Crippen LogP contribution in [-0.2, 0) is 19.6 Å². The van der Waals surface area contributed by atoms with E-state index >= 15 is 0 Å². The zero-order chi connectivity index (χ0) is 21.7. The molecular formula is C19H27N3O7. The van der Waals surface area contributed by atoms with E-state index < -0.39 is 41.9 Å². The van der Waals surface area contributed by atoms with Crippen LogP contribution in [-0.4, -0.2) is 53.9 Å². The van der Waals surface area contributed by atoms with Crippen molar-refractivity contribution in [2.45, 2.75) is 58.7 Å². The van der Waals surface area contributed by atoms with Crippen LogP contribution in [0.2, 0.25) is 0 Å². The van der Waals surface area contributed by atoms with Crippen molar-refractivity contribution in [2.24, 2.45) is 0 Å². The summed E-state index contributed by atoms with van der Waals surface area (Å²) < 4.78 is 7.59. The van der Waals surface area contributed by atoms with Gasteiger partial charge in [0.1, 0.15) is 18.5 Å². The highest BCUT2D eigenvalue weighted by molar-refractivity contribution is 5.26. The predicted molar refractivity (Wildman–Crippen MR) is 105 cm³/mol. The van der Waals surface area contributed by atoms with Crippen LogP contribution in [0, 0.1) is 6.92 Å². The molecule has 160 valence electrons. The molecule has 3 atom stereocenters. The molecule has 0 aliphatic heterocycles. The topological polar surface area (TPSA) is 136 Å². The van der Waals surface area contributed by atoms with Crippen LogP contribution in [0.25, 0.3) is 0 Å². The molecule has 0 bridgehead atoms. The minimum atomic E-state index is -1.21. The van der Waals surface area contributed by atoms with Gasteiger partial charge in [0.15, 0.2) is 0 Å². The van der Waals surface area contributed by atoms with E-state index in [1.807, 2.05) is 19.1 Å². The largest absolute Gasteiger partial charge is 0.491 e. The summed E-state index contributed by atoms with van der Waals surface area (Å²) in [4.78, 5) is 37.7. The number of aliphatic hydroxyl groups excluding tert-OH is 3. The van der Waals surface area contributed by atoms with E-state index in [0.29, 0.717) is 19.5 Å². The average molecular weight is 409 g/mol. The molecule has 0 saturated carbocycles. The number of nitrogens with zero attached hydrogens (tertiary/aromatic N) is 3. The Labute approximate surface area is 166 Å². The molecule has 0 aliphatic rings. The van der Waals surface area contributed by atoms with Crippen molar-refractivity contribution in [3.63, 3.8) is 0 Å². The molecule has 2 aromatic rings. The Kier molecular flexibility index (Phi) is 7.54. The number of rotatable bonds is 9. The molecule has 3 unspecified atom stereocenters. The molecule has 1 aromatic heterocycles. The molecule has 2 rings (SSSR count). The highest BCUT2D eigenvalue weighted by atomic mass is 16.5. The molecule has 29 heavy (non-hydrogen) atoms. The number of ether oxygens (including phenoxy) is 1. The van der Waals surface area contributed by atoms with Crippen LogP contribution in [0.3, 0.4) is 0 Å². The van der Waals surface area contributed by atoms with E-state index in [1.165, 1.54) is 13.8 Å². The number of aromatic nitrogens is 3. The first-order valence-corrected chi connectivity index (χ1v) is 9.28. The Balaban J connectivity index is 2.32. The van der Waals surface area contributed by atoms with Crippen LogP contribution in [0.4, 0.5) is 0 Å². The minimum Gasteiger partial charge on any atom is -0.491 e. The fourth-order valence-electron chi connectivity index (χ4n) is 2.77. The molecule has 0 fully saturated rings. The Bertz CT molecular complexity index is 939. The van der Waals surface area contributed by atoms with Gasteiger partial charge in [-0.25, -0.2) is 28.1 Å². The molecule has 0 aliphatic carbocycles. The Morgan fingerprint density at radius 2 is 1.21 bits per heavy atom. The number of benzene rings is 1. The van der Waals surface area contributed by atoms with E-state index in [1.54, 1.807) is 12.1 Å². The smallest absolute Gasteiger partial charge is 0.336 e. The summed E-state index contributed by atoms with van der Waals surface area (Å²) >= 11 is 0.